The zero-order valence-electron chi connectivity index (χ0n) is 31.6. The summed E-state index contributed by atoms with van der Waals surface area (Å²) < 4.78 is 6.00. The summed E-state index contributed by atoms with van der Waals surface area (Å²) in [5, 5.41) is 19.6. The van der Waals surface area contributed by atoms with Gasteiger partial charge in [-0.05, 0) is 66.7 Å². The second-order valence-electron chi connectivity index (χ2n) is 15.5. The van der Waals surface area contributed by atoms with Crippen molar-refractivity contribution in [1.29, 1.82) is 0 Å². The van der Waals surface area contributed by atoms with Crippen LogP contribution in [-0.2, 0) is 22.6 Å². The normalized spacial score (nSPS) is 27.9. The third-order valence-electron chi connectivity index (χ3n) is 11.8. The minimum absolute atomic E-state index is 0.0982. The van der Waals surface area contributed by atoms with Crippen LogP contribution in [0.25, 0.3) is 6.08 Å². The van der Waals surface area contributed by atoms with Crippen molar-refractivity contribution in [3.63, 3.8) is 0 Å². The van der Waals surface area contributed by atoms with E-state index < -0.39 is 24.2 Å². The first kappa shape index (κ1) is 38.7. The summed E-state index contributed by atoms with van der Waals surface area (Å²) >= 11 is 0. The lowest BCUT2D eigenvalue weighted by Gasteiger charge is -2.62. The van der Waals surface area contributed by atoms with Crippen LogP contribution in [0.1, 0.15) is 57.4 Å². The molecule has 8 atom stereocenters. The monoisotopic (exact) mass is 700 g/mol. The number of carbonyl (C=O) groups is 1. The molecule has 1 aromatic carbocycles. The molecule has 2 aromatic rings. The summed E-state index contributed by atoms with van der Waals surface area (Å²) in [6.07, 6.45) is 9.79. The second kappa shape index (κ2) is 16.9. The molecule has 6 rings (SSSR count). The van der Waals surface area contributed by atoms with Crippen molar-refractivity contribution < 1.29 is 19.5 Å². The number of amides is 1. The Kier molecular flexibility index (Phi) is 12.8. The number of methoxy groups -OCH3 is 1. The van der Waals surface area contributed by atoms with Crippen LogP contribution in [0.2, 0.25) is 0 Å². The number of nitrogens with zero attached hydrogens (tertiary/aromatic N) is 3. The first-order chi connectivity index (χ1) is 24.3. The Balaban J connectivity index is 1.34. The van der Waals surface area contributed by atoms with Gasteiger partial charge in [0.2, 0.25) is 5.91 Å². The third kappa shape index (κ3) is 8.75. The number of aliphatic hydroxyl groups excluding tert-OH is 1. The molecular weight excluding hydrogens is 640 g/mol. The van der Waals surface area contributed by atoms with Crippen LogP contribution in [0.3, 0.4) is 0 Å². The van der Waals surface area contributed by atoms with Crippen molar-refractivity contribution in [2.24, 2.45) is 34.8 Å². The highest BCUT2D eigenvalue weighted by Crippen LogP contribution is 2.61. The molecule has 5 N–H and O–H groups in total. The molecule has 4 fully saturated rings. The number of hydroxylamine groups is 2. The van der Waals surface area contributed by atoms with E-state index in [1.165, 1.54) is 6.42 Å². The molecule has 2 bridgehead atoms. The lowest BCUT2D eigenvalue weighted by Crippen LogP contribution is -2.62. The second-order valence-corrected chi connectivity index (χ2v) is 15.5. The molecule has 0 radical (unpaired) electrons. The highest BCUT2D eigenvalue weighted by molar-refractivity contribution is 5.83. The Hall–Kier alpha value is -3.54. The number of hydrogen-bond donors (Lipinski definition) is 4. The van der Waals surface area contributed by atoms with E-state index in [4.69, 9.17) is 15.3 Å². The number of ether oxygens (including phenoxy) is 1. The van der Waals surface area contributed by atoms with Gasteiger partial charge in [-0.2, -0.15) is 5.06 Å². The highest BCUT2D eigenvalue weighted by Gasteiger charge is 2.57. The quantitative estimate of drug-likeness (QED) is 0.147. The fraction of sp³-hybridized carbons (Fsp3) is 0.561. The molecule has 0 spiro atoms. The minimum atomic E-state index is -0.786. The van der Waals surface area contributed by atoms with Crippen LogP contribution in [0.5, 0.6) is 5.75 Å². The van der Waals surface area contributed by atoms with Gasteiger partial charge in [-0.25, -0.2) is 0 Å². The van der Waals surface area contributed by atoms with Gasteiger partial charge >= 0.3 is 0 Å². The zero-order chi connectivity index (χ0) is 36.9. The van der Waals surface area contributed by atoms with Crippen LogP contribution in [-0.4, -0.2) is 91.1 Å². The molecule has 0 unspecified atom stereocenters. The van der Waals surface area contributed by atoms with Crippen LogP contribution in [0.4, 0.5) is 0 Å². The van der Waals surface area contributed by atoms with E-state index in [-0.39, 0.29) is 25.0 Å². The van der Waals surface area contributed by atoms with Crippen molar-refractivity contribution in [2.75, 3.05) is 40.8 Å². The van der Waals surface area contributed by atoms with Gasteiger partial charge < -0.3 is 31.1 Å². The van der Waals surface area contributed by atoms with E-state index in [0.29, 0.717) is 35.5 Å². The summed E-state index contributed by atoms with van der Waals surface area (Å²) in [5.74, 6) is 1.70. The molecule has 10 nitrogen and oxygen atoms in total. The molecule has 1 aromatic heterocycles. The predicted molar refractivity (Wildman–Crippen MR) is 203 cm³/mol. The maximum Gasteiger partial charge on any atom is 0.240 e. The molecule has 1 aliphatic heterocycles. The van der Waals surface area contributed by atoms with Crippen LogP contribution in [0, 0.1) is 29.1 Å². The number of hydrogen-bond acceptors (Lipinski definition) is 9. The number of nitrogens with one attached hydrogen (secondary N) is 2. The SMILES string of the molecule is C=C(C=C(C=Cc1cccc(CN2O[C@@H](CN)[C@@H]([C@H](C)O)[C@H]2C(=O)N[C@H]2C[C@H]3C[C@@H]([C@@H]2C)C3(C)C)c1OC)CNCCc1ccccn1)N(C)C. The van der Waals surface area contributed by atoms with Crippen molar-refractivity contribution in [3.05, 3.63) is 89.4 Å². The number of allylic oxidation sites excluding steroid dienone is 1. The summed E-state index contributed by atoms with van der Waals surface area (Å²) in [4.78, 5) is 27.0. The number of aromatic nitrogens is 1. The molecule has 1 amide bonds. The third-order valence-corrected chi connectivity index (χ3v) is 11.8. The predicted octanol–water partition coefficient (Wildman–Crippen LogP) is 4.56. The zero-order valence-corrected chi connectivity index (χ0v) is 31.6. The Morgan fingerprint density at radius 3 is 2.67 bits per heavy atom. The molecule has 10 heteroatoms. The topological polar surface area (TPSA) is 125 Å². The Morgan fingerprint density at radius 1 is 1.25 bits per heavy atom. The molecule has 1 saturated heterocycles. The van der Waals surface area contributed by atoms with Gasteiger partial charge in [0, 0.05) is 80.8 Å². The van der Waals surface area contributed by atoms with E-state index in [9.17, 15) is 9.90 Å². The smallest absolute Gasteiger partial charge is 0.240 e. The lowest BCUT2D eigenvalue weighted by molar-refractivity contribution is -0.175. The number of rotatable bonds is 16. The number of aliphatic hydroxyl groups is 1. The number of benzene rings is 1. The maximum absolute atomic E-state index is 14.2. The van der Waals surface area contributed by atoms with E-state index in [1.54, 1.807) is 19.1 Å². The van der Waals surface area contributed by atoms with E-state index in [0.717, 1.165) is 47.5 Å². The molecule has 3 saturated carbocycles. The Bertz CT molecular complexity index is 1560. The fourth-order valence-corrected chi connectivity index (χ4v) is 8.50. The van der Waals surface area contributed by atoms with Crippen molar-refractivity contribution in [2.45, 2.75) is 77.8 Å². The van der Waals surface area contributed by atoms with Gasteiger partial charge in [0.05, 0.1) is 25.9 Å². The Labute approximate surface area is 305 Å². The number of likely N-dealkylation sites (N-methyl/N-ethyl adjacent to an activating group) is 1. The van der Waals surface area contributed by atoms with Crippen molar-refractivity contribution in [3.8, 4) is 5.75 Å². The summed E-state index contributed by atoms with van der Waals surface area (Å²) in [6, 6.07) is 11.4. The van der Waals surface area contributed by atoms with E-state index in [2.05, 4.69) is 55.1 Å². The average Bonchev–Trinajstić information content (AvgIpc) is 3.48. The fourth-order valence-electron chi connectivity index (χ4n) is 8.50. The Morgan fingerprint density at radius 2 is 2.04 bits per heavy atom. The first-order valence-electron chi connectivity index (χ1n) is 18.5. The molecule has 51 heavy (non-hydrogen) atoms. The van der Waals surface area contributed by atoms with Gasteiger partial charge in [-0.15, -0.1) is 0 Å². The maximum atomic E-state index is 14.2. The van der Waals surface area contributed by atoms with Crippen LogP contribution >= 0.6 is 0 Å². The largest absolute Gasteiger partial charge is 0.496 e. The van der Waals surface area contributed by atoms with Gasteiger partial charge in [-0.3, -0.25) is 14.6 Å². The highest BCUT2D eigenvalue weighted by atomic mass is 16.7. The number of nitrogens with two attached hydrogens (primary N) is 1. The van der Waals surface area contributed by atoms with Gasteiger partial charge in [0.15, 0.2) is 0 Å². The molecule has 4 aliphatic rings. The molecular formula is C41H60N6O4. The number of carbonyl (C=O) groups excluding carboxylic acids is 1. The summed E-state index contributed by atoms with van der Waals surface area (Å²) in [7, 11) is 5.62. The number of fused-ring (bicyclic) bond motifs is 2. The molecule has 2 heterocycles. The van der Waals surface area contributed by atoms with E-state index in [1.807, 2.05) is 67.7 Å². The summed E-state index contributed by atoms with van der Waals surface area (Å²) in [5.41, 5.74) is 11.2. The average molecular weight is 701 g/mol. The van der Waals surface area contributed by atoms with Gasteiger partial charge in [0.25, 0.3) is 0 Å². The van der Waals surface area contributed by atoms with E-state index >= 15 is 0 Å². The van der Waals surface area contributed by atoms with Crippen LogP contribution in [0.15, 0.2) is 72.6 Å². The number of pyridine rings is 1. The van der Waals surface area contributed by atoms with Gasteiger partial charge in [0.1, 0.15) is 11.8 Å². The van der Waals surface area contributed by atoms with Crippen LogP contribution < -0.4 is 21.1 Å². The lowest BCUT2D eigenvalue weighted by atomic mass is 9.45. The van der Waals surface area contributed by atoms with Crippen molar-refractivity contribution >= 4 is 12.0 Å². The van der Waals surface area contributed by atoms with Gasteiger partial charge in [-0.1, -0.05) is 63.8 Å². The minimum Gasteiger partial charge on any atom is -0.496 e. The van der Waals surface area contributed by atoms with Crippen molar-refractivity contribution in [1.82, 2.24) is 25.6 Å². The number of para-hydroxylation sites is 1. The molecule has 3 aliphatic carbocycles. The standard InChI is InChI=1S/C41H60N6O4/c1-26(46(6)7)20-29(24-43-19-17-33-14-9-10-18-44-33)15-16-30-12-11-13-31(39(30)50-8)25-47-38(37(28(3)48)36(23-42)51-47)40(49)45-35-22-32-21-34(27(35)2)41(32,4)5/h9-16,18,20,27-28,32,34-38,43,48H,1,17,19,21-25,42H2,2-8H3,(H,45,49)/t27-,28-,32+,34-,35-,36-,37+,38-/m0/s1. The first-order valence-corrected chi connectivity index (χ1v) is 18.5. The summed E-state index contributed by atoms with van der Waals surface area (Å²) in [6.45, 7) is 14.8. The molecule has 278 valence electrons.